The minimum Gasteiger partial charge on any atom is -0.241 e. The van der Waals surface area contributed by atoms with Gasteiger partial charge in [-0.2, -0.15) is 0 Å². The van der Waals surface area contributed by atoms with Crippen LogP contribution in [0.25, 0.3) is 0 Å². The molecule has 1 heterocycles. The highest BCUT2D eigenvalue weighted by atomic mass is 14.8. The van der Waals surface area contributed by atoms with E-state index >= 15 is 0 Å². The van der Waals surface area contributed by atoms with E-state index in [1.807, 2.05) is 0 Å². The molecule has 2 heteroatoms. The van der Waals surface area contributed by atoms with Crippen molar-refractivity contribution in [2.45, 2.75) is 26.7 Å². The molecule has 1 aromatic rings. The summed E-state index contributed by atoms with van der Waals surface area (Å²) in [4.78, 5) is 8.50. The first kappa shape index (κ1) is 8.42. The van der Waals surface area contributed by atoms with Crippen molar-refractivity contribution in [3.63, 3.8) is 0 Å². The minimum absolute atomic E-state index is 0.588. The number of hydrogen-bond donors (Lipinski definition) is 0. The predicted molar refractivity (Wildman–Crippen MR) is 52.5 cm³/mol. The van der Waals surface area contributed by atoms with Gasteiger partial charge in [-0.15, -0.1) is 0 Å². The zero-order chi connectivity index (χ0) is 9.42. The van der Waals surface area contributed by atoms with Crippen LogP contribution in [0.15, 0.2) is 18.5 Å². The van der Waals surface area contributed by atoms with Gasteiger partial charge in [-0.1, -0.05) is 12.2 Å². The Morgan fingerprint density at radius 3 is 2.85 bits per heavy atom. The van der Waals surface area contributed by atoms with Crippen LogP contribution in [0.4, 0.5) is 0 Å². The summed E-state index contributed by atoms with van der Waals surface area (Å²) in [5.74, 6) is 0.588. The van der Waals surface area contributed by atoms with E-state index in [2.05, 4.69) is 30.4 Å². The number of allylic oxidation sites excluding steroid dienone is 1. The molecular formula is C11H14N2. The van der Waals surface area contributed by atoms with E-state index in [-0.39, 0.29) is 0 Å². The Morgan fingerprint density at radius 1 is 1.46 bits per heavy atom. The maximum atomic E-state index is 4.30. The monoisotopic (exact) mass is 174 g/mol. The second kappa shape index (κ2) is 2.95. The molecule has 0 bridgehead atoms. The molecule has 1 aliphatic rings. The Labute approximate surface area is 78.7 Å². The minimum atomic E-state index is 0.588. The molecule has 0 aliphatic heterocycles. The van der Waals surface area contributed by atoms with Gasteiger partial charge in [0, 0.05) is 11.4 Å². The van der Waals surface area contributed by atoms with Crippen LogP contribution in [0.2, 0.25) is 0 Å². The highest BCUT2D eigenvalue weighted by molar-refractivity contribution is 5.31. The summed E-state index contributed by atoms with van der Waals surface area (Å²) in [7, 11) is 0. The molecule has 1 atom stereocenters. The first-order valence-electron chi connectivity index (χ1n) is 4.63. The normalized spacial score (nSPS) is 20.0. The third-order valence-corrected chi connectivity index (χ3v) is 2.84. The van der Waals surface area contributed by atoms with E-state index in [0.29, 0.717) is 5.92 Å². The molecule has 0 saturated carbocycles. The lowest BCUT2D eigenvalue weighted by atomic mass is 9.99. The van der Waals surface area contributed by atoms with E-state index in [1.165, 1.54) is 16.8 Å². The van der Waals surface area contributed by atoms with E-state index in [9.17, 15) is 0 Å². The maximum Gasteiger partial charge on any atom is 0.115 e. The lowest BCUT2D eigenvalue weighted by Crippen LogP contribution is -1.99. The van der Waals surface area contributed by atoms with Crippen molar-refractivity contribution in [3.8, 4) is 0 Å². The molecule has 0 radical (unpaired) electrons. The Bertz CT molecular complexity index is 355. The Balaban J connectivity index is 2.35. The van der Waals surface area contributed by atoms with Gasteiger partial charge in [-0.05, 0) is 38.2 Å². The van der Waals surface area contributed by atoms with Gasteiger partial charge in [0.25, 0.3) is 0 Å². The summed E-state index contributed by atoms with van der Waals surface area (Å²) < 4.78 is 0. The predicted octanol–water partition coefficient (Wildman–Crippen LogP) is 2.08. The van der Waals surface area contributed by atoms with Crippen molar-refractivity contribution in [1.82, 2.24) is 9.97 Å². The molecule has 68 valence electrons. The van der Waals surface area contributed by atoms with Gasteiger partial charge in [-0.25, -0.2) is 9.97 Å². The molecule has 2 nitrogen and oxygen atoms in total. The standard InChI is InChI=1S/C11H14N2/c1-7(2)9-4-10-8(3)12-6-13-11(10)5-9/h6,9H,1,4-5H2,2-3H3/t9-/m1/s1. The Kier molecular flexibility index (Phi) is 1.91. The molecule has 0 saturated heterocycles. The maximum absolute atomic E-state index is 4.30. The van der Waals surface area contributed by atoms with Gasteiger partial charge >= 0.3 is 0 Å². The zero-order valence-electron chi connectivity index (χ0n) is 8.17. The molecule has 2 rings (SSSR count). The largest absolute Gasteiger partial charge is 0.241 e. The second-order valence-electron chi connectivity index (χ2n) is 3.84. The van der Waals surface area contributed by atoms with Crippen molar-refractivity contribution in [2.75, 3.05) is 0 Å². The average molecular weight is 174 g/mol. The van der Waals surface area contributed by atoms with Crippen LogP contribution in [0.1, 0.15) is 23.9 Å². The van der Waals surface area contributed by atoms with E-state index < -0.39 is 0 Å². The summed E-state index contributed by atoms with van der Waals surface area (Å²) in [6, 6.07) is 0. The van der Waals surface area contributed by atoms with Crippen LogP contribution in [-0.4, -0.2) is 9.97 Å². The molecular weight excluding hydrogens is 160 g/mol. The van der Waals surface area contributed by atoms with Crippen LogP contribution in [0.5, 0.6) is 0 Å². The van der Waals surface area contributed by atoms with Crippen molar-refractivity contribution < 1.29 is 0 Å². The number of hydrogen-bond acceptors (Lipinski definition) is 2. The van der Waals surface area contributed by atoms with Crippen LogP contribution >= 0.6 is 0 Å². The fourth-order valence-corrected chi connectivity index (χ4v) is 1.89. The van der Waals surface area contributed by atoms with Crippen molar-refractivity contribution >= 4 is 0 Å². The summed E-state index contributed by atoms with van der Waals surface area (Å²) >= 11 is 0. The molecule has 0 amide bonds. The molecule has 0 unspecified atom stereocenters. The third kappa shape index (κ3) is 1.37. The van der Waals surface area contributed by atoms with Gasteiger partial charge in [0.2, 0.25) is 0 Å². The van der Waals surface area contributed by atoms with E-state index in [4.69, 9.17) is 0 Å². The molecule has 0 N–H and O–H groups in total. The number of fused-ring (bicyclic) bond motifs is 1. The van der Waals surface area contributed by atoms with Crippen LogP contribution in [-0.2, 0) is 12.8 Å². The molecule has 1 aromatic heterocycles. The first-order chi connectivity index (χ1) is 6.18. The molecule has 0 fully saturated rings. The highest BCUT2D eigenvalue weighted by Gasteiger charge is 2.24. The smallest absolute Gasteiger partial charge is 0.115 e. The van der Waals surface area contributed by atoms with E-state index in [1.54, 1.807) is 6.33 Å². The van der Waals surface area contributed by atoms with Gasteiger partial charge < -0.3 is 0 Å². The Hall–Kier alpha value is -1.18. The van der Waals surface area contributed by atoms with Crippen LogP contribution in [0.3, 0.4) is 0 Å². The fourth-order valence-electron chi connectivity index (χ4n) is 1.89. The molecule has 13 heavy (non-hydrogen) atoms. The highest BCUT2D eigenvalue weighted by Crippen LogP contribution is 2.30. The zero-order valence-corrected chi connectivity index (χ0v) is 8.17. The summed E-state index contributed by atoms with van der Waals surface area (Å²) in [5.41, 5.74) is 4.96. The van der Waals surface area contributed by atoms with E-state index in [0.717, 1.165) is 18.5 Å². The topological polar surface area (TPSA) is 25.8 Å². The number of rotatable bonds is 1. The number of aromatic nitrogens is 2. The SMILES string of the molecule is C=C(C)[C@H]1Cc2ncnc(C)c2C1. The fraction of sp³-hybridized carbons (Fsp3) is 0.455. The van der Waals surface area contributed by atoms with Crippen molar-refractivity contribution in [2.24, 2.45) is 5.92 Å². The van der Waals surface area contributed by atoms with Crippen LogP contribution in [0, 0.1) is 12.8 Å². The molecule has 0 aromatic carbocycles. The molecule has 0 spiro atoms. The first-order valence-corrected chi connectivity index (χ1v) is 4.63. The van der Waals surface area contributed by atoms with Gasteiger partial charge in [-0.3, -0.25) is 0 Å². The van der Waals surface area contributed by atoms with Gasteiger partial charge in [0.1, 0.15) is 6.33 Å². The Morgan fingerprint density at radius 2 is 2.23 bits per heavy atom. The third-order valence-electron chi connectivity index (χ3n) is 2.84. The quantitative estimate of drug-likeness (QED) is 0.609. The average Bonchev–Trinajstić information content (AvgIpc) is 2.49. The summed E-state index contributed by atoms with van der Waals surface area (Å²) in [6.45, 7) is 8.16. The van der Waals surface area contributed by atoms with Crippen LogP contribution < -0.4 is 0 Å². The van der Waals surface area contributed by atoms with Gasteiger partial charge in [0.15, 0.2) is 0 Å². The molecule has 1 aliphatic carbocycles. The number of nitrogens with zero attached hydrogens (tertiary/aromatic N) is 2. The lowest BCUT2D eigenvalue weighted by molar-refractivity contribution is 0.656. The summed E-state index contributed by atoms with van der Waals surface area (Å²) in [5, 5.41) is 0. The van der Waals surface area contributed by atoms with Crippen molar-refractivity contribution in [3.05, 3.63) is 35.4 Å². The second-order valence-corrected chi connectivity index (χ2v) is 3.84. The van der Waals surface area contributed by atoms with Gasteiger partial charge in [0.05, 0.1) is 0 Å². The number of aryl methyl sites for hydroxylation is 1. The summed E-state index contributed by atoms with van der Waals surface area (Å²) in [6.07, 6.45) is 3.79. The lowest BCUT2D eigenvalue weighted by Gasteiger charge is -2.05. The van der Waals surface area contributed by atoms with Crippen molar-refractivity contribution in [1.29, 1.82) is 0 Å².